The Balaban J connectivity index is 1.74. The minimum absolute atomic E-state index is 0.182. The van der Waals surface area contributed by atoms with Gasteiger partial charge < -0.3 is 10.6 Å². The molecule has 5 heteroatoms. The van der Waals surface area contributed by atoms with E-state index in [0.717, 1.165) is 48.8 Å². The lowest BCUT2D eigenvalue weighted by Crippen LogP contribution is -2.27. The molecule has 1 aliphatic heterocycles. The third kappa shape index (κ3) is 3.44. The molecule has 1 aromatic carbocycles. The van der Waals surface area contributed by atoms with Crippen LogP contribution in [0.1, 0.15) is 36.2 Å². The number of hydrogen-bond donors (Lipinski definition) is 2. The Morgan fingerprint density at radius 1 is 1.12 bits per heavy atom. The first-order valence-electron chi connectivity index (χ1n) is 9.17. The molecule has 0 spiro atoms. The maximum absolute atomic E-state index is 4.90. The molecular weight excluding hydrogens is 322 g/mol. The Bertz CT molecular complexity index is 864. The van der Waals surface area contributed by atoms with Gasteiger partial charge in [0.2, 0.25) is 0 Å². The topological polar surface area (TPSA) is 62.7 Å². The van der Waals surface area contributed by atoms with Crippen molar-refractivity contribution in [1.29, 1.82) is 0 Å². The Hall–Kier alpha value is -2.79. The summed E-state index contributed by atoms with van der Waals surface area (Å²) in [6.45, 7) is 3.92. The highest BCUT2D eigenvalue weighted by atomic mass is 15.1. The molecule has 1 atom stereocenters. The van der Waals surface area contributed by atoms with Crippen LogP contribution >= 0.6 is 0 Å². The zero-order chi connectivity index (χ0) is 17.8. The number of benzene rings is 1. The fourth-order valence-corrected chi connectivity index (χ4v) is 3.36. The molecule has 0 fully saturated rings. The molecule has 4 rings (SSSR count). The smallest absolute Gasteiger partial charge is 0.161 e. The Morgan fingerprint density at radius 2 is 2.00 bits per heavy atom. The molecule has 132 valence electrons. The van der Waals surface area contributed by atoms with Crippen LogP contribution in [0.5, 0.6) is 0 Å². The highest BCUT2D eigenvalue weighted by Crippen LogP contribution is 2.28. The molecular formula is C21H23N5. The Labute approximate surface area is 153 Å². The van der Waals surface area contributed by atoms with Crippen molar-refractivity contribution in [3.8, 4) is 11.4 Å². The third-order valence-corrected chi connectivity index (χ3v) is 4.77. The Morgan fingerprint density at radius 3 is 2.77 bits per heavy atom. The van der Waals surface area contributed by atoms with Gasteiger partial charge in [0.1, 0.15) is 5.82 Å². The predicted octanol–water partition coefficient (Wildman–Crippen LogP) is 3.75. The van der Waals surface area contributed by atoms with E-state index in [4.69, 9.17) is 9.97 Å². The van der Waals surface area contributed by atoms with Crippen molar-refractivity contribution < 1.29 is 0 Å². The van der Waals surface area contributed by atoms with Gasteiger partial charge in [-0.15, -0.1) is 0 Å². The number of rotatable bonds is 5. The van der Waals surface area contributed by atoms with Crippen LogP contribution in [-0.4, -0.2) is 21.5 Å². The van der Waals surface area contributed by atoms with Crippen LogP contribution in [0.15, 0.2) is 54.9 Å². The highest BCUT2D eigenvalue weighted by Gasteiger charge is 2.20. The fraction of sp³-hybridized carbons (Fsp3) is 0.286. The molecule has 0 saturated heterocycles. The number of nitrogens with one attached hydrogen (secondary N) is 2. The first-order valence-corrected chi connectivity index (χ1v) is 9.17. The summed E-state index contributed by atoms with van der Waals surface area (Å²) in [6, 6.07) is 14.4. The molecule has 26 heavy (non-hydrogen) atoms. The lowest BCUT2D eigenvalue weighted by atomic mass is 10.0. The maximum Gasteiger partial charge on any atom is 0.161 e. The number of nitrogens with zero attached hydrogens (tertiary/aromatic N) is 3. The summed E-state index contributed by atoms with van der Waals surface area (Å²) in [5.74, 6) is 1.72. The summed E-state index contributed by atoms with van der Waals surface area (Å²) >= 11 is 0. The van der Waals surface area contributed by atoms with Crippen molar-refractivity contribution in [2.24, 2.45) is 0 Å². The normalized spacial score (nSPS) is 14.5. The van der Waals surface area contributed by atoms with Crippen molar-refractivity contribution >= 4 is 5.82 Å². The van der Waals surface area contributed by atoms with Crippen molar-refractivity contribution in [3.05, 3.63) is 71.7 Å². The lowest BCUT2D eigenvalue weighted by Gasteiger charge is -2.24. The van der Waals surface area contributed by atoms with Gasteiger partial charge in [-0.05, 0) is 31.0 Å². The zero-order valence-corrected chi connectivity index (χ0v) is 14.9. The van der Waals surface area contributed by atoms with Crippen LogP contribution in [-0.2, 0) is 13.0 Å². The summed E-state index contributed by atoms with van der Waals surface area (Å²) in [5.41, 5.74) is 4.54. The average Bonchev–Trinajstić information content (AvgIpc) is 2.73. The van der Waals surface area contributed by atoms with E-state index in [1.54, 1.807) is 0 Å². The minimum atomic E-state index is 0.182. The van der Waals surface area contributed by atoms with E-state index >= 15 is 0 Å². The summed E-state index contributed by atoms with van der Waals surface area (Å²) in [5, 5.41) is 7.08. The molecule has 2 aromatic heterocycles. The van der Waals surface area contributed by atoms with Crippen molar-refractivity contribution in [2.75, 3.05) is 11.9 Å². The molecule has 0 radical (unpaired) electrons. The second kappa shape index (κ2) is 7.62. The standard InChI is InChI=1S/C21H23N5/c1-2-18(16-9-6-11-22-13-16)24-21-17-10-12-23-14-19(17)25-20(26-21)15-7-4-3-5-8-15/h3-9,11,13,18,23H,2,10,12,14H2,1H3,(H,24,25,26). The van der Waals surface area contributed by atoms with Gasteiger partial charge in [0, 0.05) is 30.1 Å². The second-order valence-corrected chi connectivity index (χ2v) is 6.51. The summed E-state index contributed by atoms with van der Waals surface area (Å²) in [7, 11) is 0. The quantitative estimate of drug-likeness (QED) is 0.737. The SMILES string of the molecule is CCC(Nc1nc(-c2ccccc2)nc2c1CCNC2)c1cccnc1. The number of anilines is 1. The van der Waals surface area contributed by atoms with E-state index in [1.165, 1.54) is 11.1 Å². The first-order chi connectivity index (χ1) is 12.8. The molecule has 0 bridgehead atoms. The van der Waals surface area contributed by atoms with Crippen LogP contribution in [0.4, 0.5) is 5.82 Å². The maximum atomic E-state index is 4.90. The van der Waals surface area contributed by atoms with Gasteiger partial charge in [0.05, 0.1) is 11.7 Å². The van der Waals surface area contributed by atoms with Gasteiger partial charge in [-0.25, -0.2) is 9.97 Å². The van der Waals surface area contributed by atoms with Gasteiger partial charge >= 0.3 is 0 Å². The van der Waals surface area contributed by atoms with E-state index in [2.05, 4.69) is 40.7 Å². The van der Waals surface area contributed by atoms with Crippen molar-refractivity contribution in [3.63, 3.8) is 0 Å². The van der Waals surface area contributed by atoms with Gasteiger partial charge in [0.15, 0.2) is 5.82 Å². The number of fused-ring (bicyclic) bond motifs is 1. The van der Waals surface area contributed by atoms with Gasteiger partial charge in [-0.3, -0.25) is 4.98 Å². The highest BCUT2D eigenvalue weighted by molar-refractivity contribution is 5.60. The zero-order valence-electron chi connectivity index (χ0n) is 14.9. The second-order valence-electron chi connectivity index (χ2n) is 6.51. The predicted molar refractivity (Wildman–Crippen MR) is 104 cm³/mol. The molecule has 0 amide bonds. The minimum Gasteiger partial charge on any atom is -0.363 e. The van der Waals surface area contributed by atoms with Crippen molar-refractivity contribution in [2.45, 2.75) is 32.4 Å². The molecule has 1 unspecified atom stereocenters. The average molecular weight is 345 g/mol. The van der Waals surface area contributed by atoms with Gasteiger partial charge in [0.25, 0.3) is 0 Å². The van der Waals surface area contributed by atoms with E-state index in [9.17, 15) is 0 Å². The van der Waals surface area contributed by atoms with Crippen LogP contribution in [0.3, 0.4) is 0 Å². The number of hydrogen-bond acceptors (Lipinski definition) is 5. The summed E-state index contributed by atoms with van der Waals surface area (Å²) in [6.07, 6.45) is 5.63. The number of pyridine rings is 1. The molecule has 3 heterocycles. The first kappa shape index (κ1) is 16.7. The molecule has 2 N–H and O–H groups in total. The van der Waals surface area contributed by atoms with E-state index in [1.807, 2.05) is 36.7 Å². The van der Waals surface area contributed by atoms with Gasteiger partial charge in [-0.2, -0.15) is 0 Å². The molecule has 0 saturated carbocycles. The summed E-state index contributed by atoms with van der Waals surface area (Å²) in [4.78, 5) is 14.0. The Kier molecular flexibility index (Phi) is 4.88. The van der Waals surface area contributed by atoms with Gasteiger partial charge in [-0.1, -0.05) is 43.3 Å². The number of aromatic nitrogens is 3. The summed E-state index contributed by atoms with van der Waals surface area (Å²) < 4.78 is 0. The largest absolute Gasteiger partial charge is 0.363 e. The monoisotopic (exact) mass is 345 g/mol. The van der Waals surface area contributed by atoms with E-state index in [-0.39, 0.29) is 6.04 Å². The fourth-order valence-electron chi connectivity index (χ4n) is 3.36. The molecule has 1 aliphatic rings. The van der Waals surface area contributed by atoms with Crippen LogP contribution in [0.25, 0.3) is 11.4 Å². The van der Waals surface area contributed by atoms with Crippen molar-refractivity contribution in [1.82, 2.24) is 20.3 Å². The third-order valence-electron chi connectivity index (χ3n) is 4.77. The van der Waals surface area contributed by atoms with E-state index in [0.29, 0.717) is 0 Å². The lowest BCUT2D eigenvalue weighted by molar-refractivity contribution is 0.622. The molecule has 0 aliphatic carbocycles. The molecule has 5 nitrogen and oxygen atoms in total. The van der Waals surface area contributed by atoms with Crippen LogP contribution < -0.4 is 10.6 Å². The van der Waals surface area contributed by atoms with Crippen LogP contribution in [0.2, 0.25) is 0 Å². The molecule has 3 aromatic rings. The van der Waals surface area contributed by atoms with E-state index < -0.39 is 0 Å². The van der Waals surface area contributed by atoms with Crippen LogP contribution in [0, 0.1) is 0 Å².